The van der Waals surface area contributed by atoms with Crippen molar-refractivity contribution in [2.24, 2.45) is 23.7 Å². The van der Waals surface area contributed by atoms with Gasteiger partial charge < -0.3 is 29.5 Å². The fraction of sp³-hybridized carbons (Fsp3) is 0.172. The average molecular weight is 903 g/mol. The minimum Gasteiger partial charge on any atom is -0.481 e. The second kappa shape index (κ2) is 19.7. The lowest BCUT2D eigenvalue weighted by atomic mass is 9.55. The Balaban J connectivity index is 1.06. The molecule has 340 valence electrons. The average Bonchev–Trinajstić information content (AvgIpc) is 3.35. The molecule has 2 atom stereocenters. The van der Waals surface area contributed by atoms with Crippen LogP contribution in [0.25, 0.3) is 21.5 Å². The van der Waals surface area contributed by atoms with Crippen LogP contribution in [-0.4, -0.2) is 43.8 Å². The molecule has 0 spiro atoms. The molecular weight excluding hydrogens is 853 g/mol. The quantitative estimate of drug-likeness (QED) is 0.0979. The molecular formula is C58H50N2O8. The first-order valence-electron chi connectivity index (χ1n) is 22.7. The second-order valence-electron chi connectivity index (χ2n) is 17.3. The molecule has 1 aliphatic carbocycles. The van der Waals surface area contributed by atoms with E-state index < -0.39 is 59.5 Å². The predicted molar refractivity (Wildman–Crippen MR) is 261 cm³/mol. The van der Waals surface area contributed by atoms with Crippen LogP contribution in [0.3, 0.4) is 0 Å². The Kier molecular flexibility index (Phi) is 13.0. The van der Waals surface area contributed by atoms with Crippen molar-refractivity contribution in [1.82, 2.24) is 9.80 Å². The second-order valence-corrected chi connectivity index (χ2v) is 17.3. The molecule has 8 aromatic carbocycles. The molecule has 0 unspecified atom stereocenters. The maximum Gasteiger partial charge on any atom is 0.308 e. The number of benzene rings is 8. The minimum absolute atomic E-state index is 0.0247. The third-order valence-corrected chi connectivity index (χ3v) is 13.2. The van der Waals surface area contributed by atoms with Crippen LogP contribution in [0.4, 0.5) is 0 Å². The van der Waals surface area contributed by atoms with Gasteiger partial charge in [-0.3, -0.25) is 19.2 Å². The monoisotopic (exact) mass is 902 g/mol. The summed E-state index contributed by atoms with van der Waals surface area (Å²) in [4.78, 5) is 61.0. The fourth-order valence-corrected chi connectivity index (χ4v) is 9.70. The van der Waals surface area contributed by atoms with Gasteiger partial charge in [0.1, 0.15) is 23.0 Å². The van der Waals surface area contributed by atoms with Crippen LogP contribution in [-0.2, 0) is 32.3 Å². The van der Waals surface area contributed by atoms with Crippen molar-refractivity contribution in [2.45, 2.75) is 39.0 Å². The van der Waals surface area contributed by atoms with Gasteiger partial charge in [0.25, 0.3) is 0 Å². The fourth-order valence-electron chi connectivity index (χ4n) is 9.70. The minimum atomic E-state index is -1.64. The van der Waals surface area contributed by atoms with E-state index in [4.69, 9.17) is 9.47 Å². The van der Waals surface area contributed by atoms with Gasteiger partial charge in [0.05, 0.1) is 35.8 Å². The standard InChI is InChI=1S/C58H50N2O8/c1-37(47-25-13-17-41-15-9-11-23-49(41)47)59(35-39-27-31-45(32-28-39)67-43-19-5-3-6-20-43)55(61)51-53(57(63)64)52(54(51)58(65)66)56(62)60(38(2)48-26-14-18-42-16-10-12-24-50(42)48)36-40-29-33-46(34-30-40)68-44-21-7-4-8-22-44/h3-34,37-38,51-54H,35-36H2,1-2H3,(H,63,64)(H,65,66)/t37-,38-,51?,52?,53?,54?/m1/s1. The number of carbonyl (C=O) groups is 4. The lowest BCUT2D eigenvalue weighted by molar-refractivity contribution is -0.189. The number of ether oxygens (including phenoxy) is 2. The van der Waals surface area contributed by atoms with Gasteiger partial charge in [-0.15, -0.1) is 0 Å². The van der Waals surface area contributed by atoms with E-state index in [1.54, 1.807) is 34.1 Å². The zero-order valence-electron chi connectivity index (χ0n) is 37.6. The largest absolute Gasteiger partial charge is 0.481 e. The van der Waals surface area contributed by atoms with E-state index in [1.165, 1.54) is 0 Å². The summed E-state index contributed by atoms with van der Waals surface area (Å²) >= 11 is 0. The maximum absolute atomic E-state index is 15.4. The topological polar surface area (TPSA) is 134 Å². The van der Waals surface area contributed by atoms with E-state index in [9.17, 15) is 19.8 Å². The highest BCUT2D eigenvalue weighted by molar-refractivity contribution is 6.00. The third-order valence-electron chi connectivity index (χ3n) is 13.2. The molecule has 8 aromatic rings. The highest BCUT2D eigenvalue weighted by atomic mass is 16.5. The Morgan fingerprint density at radius 1 is 0.412 bits per heavy atom. The molecule has 2 amide bonds. The first kappa shape index (κ1) is 44.9. The van der Waals surface area contributed by atoms with Crippen LogP contribution < -0.4 is 9.47 Å². The van der Waals surface area contributed by atoms with Crippen LogP contribution in [0.15, 0.2) is 194 Å². The van der Waals surface area contributed by atoms with Crippen LogP contribution in [0, 0.1) is 23.7 Å². The lowest BCUT2D eigenvalue weighted by Gasteiger charge is -2.49. The van der Waals surface area contributed by atoms with Gasteiger partial charge in [0, 0.05) is 13.1 Å². The van der Waals surface area contributed by atoms with Crippen LogP contribution in [0.5, 0.6) is 23.0 Å². The first-order chi connectivity index (χ1) is 33.0. The van der Waals surface area contributed by atoms with Crippen molar-refractivity contribution in [2.75, 3.05) is 0 Å². The number of aliphatic carboxylic acids is 2. The maximum atomic E-state index is 15.4. The van der Waals surface area contributed by atoms with Crippen molar-refractivity contribution >= 4 is 45.3 Å². The number of para-hydroxylation sites is 2. The molecule has 1 aliphatic rings. The molecule has 10 nitrogen and oxygen atoms in total. The number of carbonyl (C=O) groups excluding carboxylic acids is 2. The van der Waals surface area contributed by atoms with Crippen molar-refractivity contribution in [3.8, 4) is 23.0 Å². The van der Waals surface area contributed by atoms with Crippen molar-refractivity contribution < 1.29 is 38.9 Å². The molecule has 10 heteroatoms. The molecule has 0 bridgehead atoms. The van der Waals surface area contributed by atoms with Crippen LogP contribution in [0.1, 0.15) is 48.2 Å². The molecule has 2 N–H and O–H groups in total. The summed E-state index contributed by atoms with van der Waals surface area (Å²) in [5.41, 5.74) is 3.04. The Morgan fingerprint density at radius 2 is 0.735 bits per heavy atom. The van der Waals surface area contributed by atoms with E-state index in [0.717, 1.165) is 32.7 Å². The van der Waals surface area contributed by atoms with Crippen molar-refractivity contribution in [1.29, 1.82) is 0 Å². The van der Waals surface area contributed by atoms with Crippen LogP contribution >= 0.6 is 0 Å². The number of carboxylic acid groups (broad SMARTS) is 2. The summed E-state index contributed by atoms with van der Waals surface area (Å²) in [6.07, 6.45) is 0. The Morgan fingerprint density at radius 3 is 1.10 bits per heavy atom. The number of hydrogen-bond acceptors (Lipinski definition) is 6. The molecule has 1 saturated carbocycles. The zero-order valence-corrected chi connectivity index (χ0v) is 37.6. The number of carboxylic acids is 2. The number of rotatable bonds is 16. The summed E-state index contributed by atoms with van der Waals surface area (Å²) in [5, 5.41) is 25.8. The van der Waals surface area contributed by atoms with Gasteiger partial charge in [-0.25, -0.2) is 0 Å². The molecule has 1 fully saturated rings. The molecule has 0 heterocycles. The summed E-state index contributed by atoms with van der Waals surface area (Å²) in [5.74, 6) is -8.07. The van der Waals surface area contributed by atoms with E-state index in [-0.39, 0.29) is 13.1 Å². The number of fused-ring (bicyclic) bond motifs is 2. The smallest absolute Gasteiger partial charge is 0.308 e. The molecule has 9 rings (SSSR count). The van der Waals surface area contributed by atoms with Gasteiger partial charge in [0.2, 0.25) is 11.8 Å². The number of amides is 2. The number of nitrogens with zero attached hydrogens (tertiary/aromatic N) is 2. The van der Waals surface area contributed by atoms with E-state index in [0.29, 0.717) is 34.1 Å². The molecule has 0 aromatic heterocycles. The van der Waals surface area contributed by atoms with Crippen molar-refractivity contribution in [3.63, 3.8) is 0 Å². The third kappa shape index (κ3) is 9.26. The van der Waals surface area contributed by atoms with Gasteiger partial charge >= 0.3 is 11.9 Å². The Hall–Kier alpha value is -8.24. The van der Waals surface area contributed by atoms with Gasteiger partial charge in [-0.1, -0.05) is 146 Å². The molecule has 68 heavy (non-hydrogen) atoms. The summed E-state index contributed by atoms with van der Waals surface area (Å²) < 4.78 is 12.1. The lowest BCUT2D eigenvalue weighted by Crippen LogP contribution is -2.64. The molecule has 0 aliphatic heterocycles. The SMILES string of the molecule is C[C@H](c1cccc2ccccc12)N(Cc1ccc(Oc2ccccc2)cc1)C(=O)C1C(C(=O)O)C(C(=O)N(Cc2ccc(Oc3ccccc3)cc2)[C@H](C)c2cccc3ccccc23)C1C(=O)O. The van der Waals surface area contributed by atoms with Gasteiger partial charge in [0.15, 0.2) is 0 Å². The van der Waals surface area contributed by atoms with Gasteiger partial charge in [-0.2, -0.15) is 0 Å². The summed E-state index contributed by atoms with van der Waals surface area (Å²) in [6, 6.07) is 59.1. The molecule has 0 saturated heterocycles. The predicted octanol–water partition coefficient (Wildman–Crippen LogP) is 12.1. The highest BCUT2D eigenvalue weighted by Crippen LogP contribution is 2.51. The van der Waals surface area contributed by atoms with E-state index in [1.807, 2.05) is 184 Å². The first-order valence-corrected chi connectivity index (χ1v) is 22.7. The van der Waals surface area contributed by atoms with Crippen LogP contribution in [0.2, 0.25) is 0 Å². The number of hydrogen-bond donors (Lipinski definition) is 2. The van der Waals surface area contributed by atoms with E-state index >= 15 is 9.59 Å². The van der Waals surface area contributed by atoms with Crippen molar-refractivity contribution in [3.05, 3.63) is 216 Å². The highest BCUT2D eigenvalue weighted by Gasteiger charge is 2.65. The summed E-state index contributed by atoms with van der Waals surface area (Å²) in [6.45, 7) is 3.78. The molecule has 0 radical (unpaired) electrons. The summed E-state index contributed by atoms with van der Waals surface area (Å²) in [7, 11) is 0. The Bertz CT molecular complexity index is 2860. The Labute approximate surface area is 394 Å². The van der Waals surface area contributed by atoms with E-state index in [2.05, 4.69) is 0 Å². The normalized spacial score (nSPS) is 17.3. The zero-order chi connectivity index (χ0) is 47.3. The van der Waals surface area contributed by atoms with Gasteiger partial charge in [-0.05, 0) is 106 Å².